The molecule has 21 aliphatic rings. The highest BCUT2D eigenvalue weighted by atomic mass is 35.5. The standard InChI is InChI=1S/C14H12F3NO.C13H12ClNO.C13H11F3N2S.C13H13FN2.C12H12F3N.2C11H11F3N2/c1-12-5-13(6-12,7-12)11-18-9-4-8(14(15,16)17)2-3-10(9)19-11;1-12-5-13(6-12,7-12)11-15-9-4-8(14)2-3-10(9)16-11;14-13(15,16)7-1-2-9-8(3-7)18-10(19-9)11-4-12(17,5-11)6-11;1-12-5-13(6-12,7-12)11-15-9-3-2-8(14)4-10(9)16-11;1-10-5-11(6-10,7-10)8-3-2-4-9(16-8)12(13,14)15;1-9-4-10(5-9,6-9)8-15-3-2-7(16-8)11(12,13)14;1-9-4-10(5-9,6-9)7-2-3-15-8(16-7)11(12,13)14/h2-4H,5-7H2,1H3;2-4H,5-7H2,1H3;1-3H,4-6,17H2;2-4H,5-7H2,1H3,(H,15,16);2-4H,5-7H2,1H3;2*2-3H,4-6H2,1H3. The Morgan fingerprint density at radius 1 is 0.390 bits per heavy atom. The van der Waals surface area contributed by atoms with Crippen LogP contribution in [0.3, 0.4) is 0 Å². The van der Waals surface area contributed by atoms with Crippen LogP contribution in [0.2, 0.25) is 5.02 Å². The van der Waals surface area contributed by atoms with Gasteiger partial charge in [0.25, 0.3) is 0 Å². The van der Waals surface area contributed by atoms with E-state index in [4.69, 9.17) is 26.2 Å². The molecule has 31 heteroatoms. The molecule has 14 bridgehead atoms. The number of aromatic nitrogens is 10. The number of aromatic amines is 1. The maximum Gasteiger partial charge on any atom is 0.451 e. The Morgan fingerprint density at radius 2 is 0.847 bits per heavy atom. The van der Waals surface area contributed by atoms with Gasteiger partial charge in [-0.1, -0.05) is 59.2 Å². The van der Waals surface area contributed by atoms with Crippen molar-refractivity contribution in [3.8, 4) is 0 Å². The predicted molar refractivity (Wildman–Crippen MR) is 406 cm³/mol. The third-order valence-electron chi connectivity index (χ3n) is 28.4. The molecule has 21 aliphatic carbocycles. The zero-order chi connectivity index (χ0) is 83.7. The van der Waals surface area contributed by atoms with Crippen LogP contribution < -0.4 is 5.73 Å². The Balaban J connectivity index is 0.0000000916. The fourth-order valence-electron chi connectivity index (χ4n) is 24.8. The molecule has 21 fully saturated rings. The molecule has 622 valence electrons. The molecule has 7 heterocycles. The number of imidazole rings is 1. The van der Waals surface area contributed by atoms with Gasteiger partial charge in [0, 0.05) is 66.6 Å². The normalized spacial score (nSPS) is 35.2. The summed E-state index contributed by atoms with van der Waals surface area (Å²) >= 11 is 7.44. The molecule has 0 spiro atoms. The third-order valence-corrected chi connectivity index (χ3v) is 29.9. The maximum atomic E-state index is 13.1. The van der Waals surface area contributed by atoms with Gasteiger partial charge in [-0.3, -0.25) is 0 Å². The summed E-state index contributed by atoms with van der Waals surface area (Å²) in [6.45, 7) is 13.4. The summed E-state index contributed by atoms with van der Waals surface area (Å²) in [7, 11) is 0. The number of nitrogens with one attached hydrogen (secondary N) is 1. The second kappa shape index (κ2) is 24.9. The first-order valence-electron chi connectivity index (χ1n) is 39.6. The number of benzene rings is 4. The second-order valence-electron chi connectivity index (χ2n) is 40.1. The quantitative estimate of drug-likeness (QED) is 0.144. The molecular weight excluding hydrogens is 1600 g/mol. The number of halogens is 17. The van der Waals surface area contributed by atoms with E-state index < -0.39 is 59.2 Å². The number of hydrogen-bond donors (Lipinski definition) is 2. The van der Waals surface area contributed by atoms with Crippen LogP contribution >= 0.6 is 22.9 Å². The van der Waals surface area contributed by atoms with Crippen LogP contribution in [0, 0.1) is 38.3 Å². The van der Waals surface area contributed by atoms with Crippen molar-refractivity contribution in [2.75, 3.05) is 0 Å². The molecule has 0 unspecified atom stereocenters. The molecule has 7 aromatic heterocycles. The number of H-pyrrole nitrogens is 1. The van der Waals surface area contributed by atoms with Gasteiger partial charge in [0.2, 0.25) is 17.6 Å². The van der Waals surface area contributed by atoms with Crippen molar-refractivity contribution in [3.05, 3.63) is 195 Å². The smallest absolute Gasteiger partial charge is 0.440 e. The minimum atomic E-state index is -4.44. The monoisotopic (exact) mass is 1680 g/mol. The first-order valence-corrected chi connectivity index (χ1v) is 40.8. The molecular formula is C87H82ClF16N11O2S. The van der Waals surface area contributed by atoms with Crippen LogP contribution in [0.4, 0.5) is 70.2 Å². The van der Waals surface area contributed by atoms with Gasteiger partial charge >= 0.3 is 30.9 Å². The van der Waals surface area contributed by atoms with E-state index in [0.29, 0.717) is 77.6 Å². The van der Waals surface area contributed by atoms with E-state index in [1.54, 1.807) is 18.2 Å². The van der Waals surface area contributed by atoms with Crippen LogP contribution in [0.25, 0.3) is 43.4 Å². The predicted octanol–water partition coefficient (Wildman–Crippen LogP) is 24.2. The van der Waals surface area contributed by atoms with Crippen molar-refractivity contribution in [3.63, 3.8) is 0 Å². The number of alkyl halides is 15. The lowest BCUT2D eigenvalue weighted by Gasteiger charge is -2.69. The Kier molecular flexibility index (Phi) is 16.8. The summed E-state index contributed by atoms with van der Waals surface area (Å²) in [6, 6.07) is 24.4. The summed E-state index contributed by atoms with van der Waals surface area (Å²) < 4.78 is 213. The average molecular weight is 1690 g/mol. The van der Waals surface area contributed by atoms with E-state index in [-0.39, 0.29) is 43.8 Å². The number of hydrogen-bond acceptors (Lipinski definition) is 13. The fraction of sp³-hybridized carbons (Fsp3) is 0.529. The van der Waals surface area contributed by atoms with Crippen molar-refractivity contribution in [1.82, 2.24) is 49.8 Å². The van der Waals surface area contributed by atoms with E-state index in [1.165, 1.54) is 92.6 Å². The summed E-state index contributed by atoms with van der Waals surface area (Å²) in [5, 5.41) is 1.67. The summed E-state index contributed by atoms with van der Waals surface area (Å²) in [5.74, 6) is 1.77. The number of fused-ring (bicyclic) bond motifs is 4. The van der Waals surface area contributed by atoms with Crippen molar-refractivity contribution in [2.24, 2.45) is 38.2 Å². The lowest BCUT2D eigenvalue weighted by Crippen LogP contribution is -2.74. The lowest BCUT2D eigenvalue weighted by molar-refractivity contribution is -0.148. The zero-order valence-corrected chi connectivity index (χ0v) is 66.6. The zero-order valence-electron chi connectivity index (χ0n) is 65.1. The molecule has 0 radical (unpaired) electrons. The van der Waals surface area contributed by atoms with Gasteiger partial charge in [0.05, 0.1) is 38.1 Å². The molecule has 13 nitrogen and oxygen atoms in total. The van der Waals surface area contributed by atoms with Gasteiger partial charge in [-0.05, 0) is 264 Å². The van der Waals surface area contributed by atoms with E-state index in [1.807, 2.05) is 18.2 Å². The molecule has 118 heavy (non-hydrogen) atoms. The topological polar surface area (TPSA) is 184 Å². The number of nitrogens with zero attached hydrogens (tertiary/aromatic N) is 9. The molecule has 0 aliphatic heterocycles. The SMILES string of the molecule is CC12CC(c3cccc(C(F)(F)F)n3)(C1)C2.CC12CC(c3ccnc(C(F)(F)F)n3)(C1)C2.CC12CC(c3nc4cc(C(F)(F)F)ccc4o3)(C1)C2.CC12CC(c3nc4cc(Cl)ccc4o3)(C1)C2.CC12CC(c3nc4ccc(F)cc4[nH]3)(C1)C2.CC12CC(c3nccc(C(F)(F)F)n3)(C1)C2.NC12CC(c3nc4cc(C(F)(F)F)ccc4s3)(C1)C2. The van der Waals surface area contributed by atoms with E-state index in [9.17, 15) is 70.2 Å². The highest BCUT2D eigenvalue weighted by Gasteiger charge is 2.72. The van der Waals surface area contributed by atoms with Gasteiger partial charge in [-0.15, -0.1) is 11.3 Å². The molecule has 3 N–H and O–H groups in total. The first-order chi connectivity index (χ1) is 54.8. The van der Waals surface area contributed by atoms with E-state index >= 15 is 0 Å². The third kappa shape index (κ3) is 13.3. The van der Waals surface area contributed by atoms with Crippen molar-refractivity contribution >= 4 is 66.4 Å². The Labute approximate surface area is 675 Å². The van der Waals surface area contributed by atoms with Crippen LogP contribution in [-0.4, -0.2) is 55.4 Å². The lowest BCUT2D eigenvalue weighted by atomic mass is 9.35. The van der Waals surface area contributed by atoms with Gasteiger partial charge in [-0.25, -0.2) is 49.2 Å². The van der Waals surface area contributed by atoms with Crippen molar-refractivity contribution in [1.29, 1.82) is 0 Å². The Bertz CT molecular complexity index is 5360. The molecule has 11 aromatic rings. The summed E-state index contributed by atoms with van der Waals surface area (Å²) in [6.07, 6.45) is 2.64. The van der Waals surface area contributed by atoms with Gasteiger partial charge < -0.3 is 19.6 Å². The minimum absolute atomic E-state index is 0.00612. The van der Waals surface area contributed by atoms with Crippen LogP contribution in [0.5, 0.6) is 0 Å². The maximum absolute atomic E-state index is 13.1. The number of rotatable bonds is 7. The van der Waals surface area contributed by atoms with Crippen molar-refractivity contribution < 1.29 is 79.1 Å². The average Bonchev–Trinajstić information content (AvgIpc) is 1.65. The number of nitrogens with two attached hydrogens (primary N) is 1. The largest absolute Gasteiger partial charge is 0.451 e. The molecule has 4 aromatic carbocycles. The Hall–Kier alpha value is -8.38. The Morgan fingerprint density at radius 3 is 1.35 bits per heavy atom. The minimum Gasteiger partial charge on any atom is -0.440 e. The van der Waals surface area contributed by atoms with Gasteiger partial charge in [-0.2, -0.15) is 65.9 Å². The van der Waals surface area contributed by atoms with Crippen molar-refractivity contribution in [2.45, 2.75) is 251 Å². The molecule has 32 rings (SSSR count). The number of thiazole rings is 1. The molecule has 21 saturated carbocycles. The highest BCUT2D eigenvalue weighted by molar-refractivity contribution is 7.18. The fourth-order valence-corrected chi connectivity index (χ4v) is 26.1. The van der Waals surface area contributed by atoms with Crippen LogP contribution in [0.15, 0.2) is 124 Å². The molecule has 0 atom stereocenters. The van der Waals surface area contributed by atoms with Gasteiger partial charge in [0.1, 0.15) is 44.9 Å². The van der Waals surface area contributed by atoms with Crippen LogP contribution in [-0.2, 0) is 68.8 Å². The number of oxazole rings is 2. The van der Waals surface area contributed by atoms with E-state index in [0.717, 1.165) is 181 Å². The highest BCUT2D eigenvalue weighted by Crippen LogP contribution is 2.78. The summed E-state index contributed by atoms with van der Waals surface area (Å²) in [5.41, 5.74) is 12.0. The molecule has 0 amide bonds. The van der Waals surface area contributed by atoms with Gasteiger partial charge in [0.15, 0.2) is 11.2 Å². The summed E-state index contributed by atoms with van der Waals surface area (Å²) in [4.78, 5) is 39.6. The van der Waals surface area contributed by atoms with Crippen LogP contribution in [0.1, 0.15) is 245 Å². The van der Waals surface area contributed by atoms with E-state index in [2.05, 4.69) is 91.4 Å². The first kappa shape index (κ1) is 79.4. The number of pyridine rings is 1. The second-order valence-corrected chi connectivity index (χ2v) is 41.6. The molecule has 0 saturated heterocycles.